The maximum atomic E-state index is 11.7. The highest BCUT2D eigenvalue weighted by atomic mass is 19.3. The van der Waals surface area contributed by atoms with Crippen LogP contribution in [0.5, 0.6) is 0 Å². The van der Waals surface area contributed by atoms with Gasteiger partial charge >= 0.3 is 0 Å². The Bertz CT molecular complexity index is 172. The van der Waals surface area contributed by atoms with Crippen LogP contribution in [0.3, 0.4) is 0 Å². The van der Waals surface area contributed by atoms with E-state index in [-0.39, 0.29) is 0 Å². The molecule has 0 aromatic carbocycles. The van der Waals surface area contributed by atoms with Crippen molar-refractivity contribution in [2.24, 2.45) is 0 Å². The molecule has 0 aliphatic carbocycles. The third-order valence-electron chi connectivity index (χ3n) is 1.60. The summed E-state index contributed by atoms with van der Waals surface area (Å²) >= 11 is 0. The maximum absolute atomic E-state index is 11.7. The van der Waals surface area contributed by atoms with Crippen LogP contribution in [0.25, 0.3) is 0 Å². The lowest BCUT2D eigenvalue weighted by molar-refractivity contribution is -0.127. The normalized spacial score (nSPS) is 11.8. The highest BCUT2D eigenvalue weighted by molar-refractivity contribution is 5.85. The minimum absolute atomic E-state index is 0.408. The number of alkyl halides is 2. The smallest absolute Gasteiger partial charge is 0.255 e. The lowest BCUT2D eigenvalue weighted by atomic mass is 10.1. The van der Waals surface area contributed by atoms with Crippen LogP contribution in [0.15, 0.2) is 0 Å². The van der Waals surface area contributed by atoms with E-state index in [9.17, 15) is 13.6 Å². The SMILES string of the molecule is CCNC(C)(C)C(=O)NCC(F)F. The van der Waals surface area contributed by atoms with Crippen molar-refractivity contribution in [3.05, 3.63) is 0 Å². The van der Waals surface area contributed by atoms with E-state index in [0.29, 0.717) is 6.54 Å². The van der Waals surface area contributed by atoms with Crippen molar-refractivity contribution >= 4 is 5.91 Å². The molecule has 13 heavy (non-hydrogen) atoms. The van der Waals surface area contributed by atoms with Crippen molar-refractivity contribution in [1.82, 2.24) is 10.6 Å². The number of hydrogen-bond acceptors (Lipinski definition) is 2. The van der Waals surface area contributed by atoms with Crippen molar-refractivity contribution in [1.29, 1.82) is 0 Å². The summed E-state index contributed by atoms with van der Waals surface area (Å²) in [6.45, 7) is 5.18. The summed E-state index contributed by atoms with van der Waals surface area (Å²) < 4.78 is 23.5. The molecule has 0 spiro atoms. The summed E-state index contributed by atoms with van der Waals surface area (Å²) in [6, 6.07) is 0. The third kappa shape index (κ3) is 4.77. The second-order valence-electron chi connectivity index (χ2n) is 3.26. The van der Waals surface area contributed by atoms with Crippen LogP contribution in [-0.4, -0.2) is 31.0 Å². The molecule has 0 aromatic rings. The molecule has 0 heterocycles. The molecule has 78 valence electrons. The van der Waals surface area contributed by atoms with Gasteiger partial charge in [0.25, 0.3) is 6.43 Å². The summed E-state index contributed by atoms with van der Waals surface area (Å²) in [5.41, 5.74) is -0.788. The topological polar surface area (TPSA) is 41.1 Å². The molecule has 0 aromatic heterocycles. The number of likely N-dealkylation sites (N-methyl/N-ethyl adjacent to an activating group) is 1. The van der Waals surface area contributed by atoms with E-state index in [1.807, 2.05) is 6.92 Å². The van der Waals surface area contributed by atoms with Gasteiger partial charge in [-0.1, -0.05) is 6.92 Å². The van der Waals surface area contributed by atoms with Crippen molar-refractivity contribution in [3.63, 3.8) is 0 Å². The molecular weight excluding hydrogens is 178 g/mol. The lowest BCUT2D eigenvalue weighted by Crippen LogP contribution is -2.53. The van der Waals surface area contributed by atoms with Crippen LogP contribution in [0.4, 0.5) is 8.78 Å². The van der Waals surface area contributed by atoms with Gasteiger partial charge in [-0.3, -0.25) is 4.79 Å². The zero-order valence-electron chi connectivity index (χ0n) is 8.16. The molecule has 0 saturated heterocycles. The van der Waals surface area contributed by atoms with Crippen molar-refractivity contribution in [3.8, 4) is 0 Å². The van der Waals surface area contributed by atoms with Crippen LogP contribution >= 0.6 is 0 Å². The first-order valence-electron chi connectivity index (χ1n) is 4.21. The summed E-state index contributed by atoms with van der Waals surface area (Å²) in [4.78, 5) is 11.3. The van der Waals surface area contributed by atoms with Gasteiger partial charge in [0, 0.05) is 0 Å². The number of amides is 1. The number of hydrogen-bond donors (Lipinski definition) is 2. The highest BCUT2D eigenvalue weighted by Gasteiger charge is 2.26. The van der Waals surface area contributed by atoms with Crippen molar-refractivity contribution in [2.45, 2.75) is 32.7 Å². The van der Waals surface area contributed by atoms with E-state index in [0.717, 1.165) is 0 Å². The van der Waals surface area contributed by atoms with Crippen LogP contribution in [-0.2, 0) is 4.79 Å². The lowest BCUT2D eigenvalue weighted by Gasteiger charge is -2.24. The molecule has 0 atom stereocenters. The van der Waals surface area contributed by atoms with Gasteiger partial charge in [0.2, 0.25) is 5.91 Å². The molecule has 0 saturated carbocycles. The summed E-state index contributed by atoms with van der Waals surface area (Å²) in [5, 5.41) is 5.04. The first kappa shape index (κ1) is 12.3. The first-order valence-corrected chi connectivity index (χ1v) is 4.21. The average Bonchev–Trinajstić information content (AvgIpc) is 1.99. The van der Waals surface area contributed by atoms with Gasteiger partial charge in [-0.15, -0.1) is 0 Å². The van der Waals surface area contributed by atoms with Gasteiger partial charge in [-0.2, -0.15) is 0 Å². The number of carbonyl (C=O) groups is 1. The zero-order valence-corrected chi connectivity index (χ0v) is 8.16. The van der Waals surface area contributed by atoms with Gasteiger partial charge in [-0.05, 0) is 20.4 Å². The summed E-state index contributed by atoms with van der Waals surface area (Å²) in [5.74, 6) is -0.408. The maximum Gasteiger partial charge on any atom is 0.255 e. The predicted molar refractivity (Wildman–Crippen MR) is 46.8 cm³/mol. The molecule has 0 bridgehead atoms. The van der Waals surface area contributed by atoms with Gasteiger partial charge < -0.3 is 10.6 Å². The molecule has 2 N–H and O–H groups in total. The minimum atomic E-state index is -2.50. The highest BCUT2D eigenvalue weighted by Crippen LogP contribution is 2.01. The fourth-order valence-corrected chi connectivity index (χ4v) is 0.913. The molecule has 0 aliphatic heterocycles. The van der Waals surface area contributed by atoms with Crippen LogP contribution in [0.2, 0.25) is 0 Å². The number of carbonyl (C=O) groups excluding carboxylic acids is 1. The average molecular weight is 194 g/mol. The fourth-order valence-electron chi connectivity index (χ4n) is 0.913. The van der Waals surface area contributed by atoms with Gasteiger partial charge in [-0.25, -0.2) is 8.78 Å². The molecule has 1 amide bonds. The van der Waals surface area contributed by atoms with Crippen LogP contribution < -0.4 is 10.6 Å². The molecule has 0 aliphatic rings. The summed E-state index contributed by atoms with van der Waals surface area (Å²) in [7, 11) is 0. The Morgan fingerprint density at radius 3 is 2.38 bits per heavy atom. The number of nitrogens with one attached hydrogen (secondary N) is 2. The van der Waals surface area contributed by atoms with E-state index < -0.39 is 24.4 Å². The van der Waals surface area contributed by atoms with Crippen molar-refractivity contribution < 1.29 is 13.6 Å². The number of halogens is 2. The molecule has 3 nitrogen and oxygen atoms in total. The number of rotatable bonds is 5. The Morgan fingerprint density at radius 1 is 1.46 bits per heavy atom. The molecule has 0 radical (unpaired) electrons. The standard InChI is InChI=1S/C8H16F2N2O/c1-4-12-8(2,3)7(13)11-5-6(9)10/h6,12H,4-5H2,1-3H3,(H,11,13). The van der Waals surface area contributed by atoms with Gasteiger partial charge in [0.15, 0.2) is 0 Å². The Morgan fingerprint density at radius 2 is 2.00 bits per heavy atom. The predicted octanol–water partition coefficient (Wildman–Crippen LogP) is 0.756. The monoisotopic (exact) mass is 194 g/mol. The molecular formula is C8H16F2N2O. The second kappa shape index (κ2) is 5.11. The van der Waals surface area contributed by atoms with E-state index in [4.69, 9.17) is 0 Å². The van der Waals surface area contributed by atoms with E-state index in [1.54, 1.807) is 13.8 Å². The van der Waals surface area contributed by atoms with Crippen LogP contribution in [0, 0.1) is 0 Å². The third-order valence-corrected chi connectivity index (χ3v) is 1.60. The zero-order chi connectivity index (χ0) is 10.5. The Kier molecular flexibility index (Phi) is 4.83. The van der Waals surface area contributed by atoms with E-state index in [2.05, 4.69) is 10.6 Å². The Balaban J connectivity index is 3.94. The van der Waals surface area contributed by atoms with Crippen molar-refractivity contribution in [2.75, 3.05) is 13.1 Å². The molecule has 5 heteroatoms. The van der Waals surface area contributed by atoms with Gasteiger partial charge in [0.1, 0.15) is 0 Å². The Labute approximate surface area is 76.9 Å². The summed E-state index contributed by atoms with van der Waals surface area (Å²) in [6.07, 6.45) is -2.50. The quantitative estimate of drug-likeness (QED) is 0.678. The molecule has 0 fully saturated rings. The van der Waals surface area contributed by atoms with E-state index >= 15 is 0 Å². The Hall–Kier alpha value is -0.710. The van der Waals surface area contributed by atoms with Crippen LogP contribution in [0.1, 0.15) is 20.8 Å². The molecule has 0 unspecified atom stereocenters. The fraction of sp³-hybridized carbons (Fsp3) is 0.875. The van der Waals surface area contributed by atoms with Gasteiger partial charge in [0.05, 0.1) is 12.1 Å². The van der Waals surface area contributed by atoms with E-state index in [1.165, 1.54) is 0 Å². The first-order chi connectivity index (χ1) is 5.90. The minimum Gasteiger partial charge on any atom is -0.349 e. The largest absolute Gasteiger partial charge is 0.349 e. The second-order valence-corrected chi connectivity index (χ2v) is 3.26. The molecule has 0 rings (SSSR count).